The largest absolute Gasteiger partial charge is 0.456 e. The average molecular weight is 280 g/mol. The third-order valence-corrected chi connectivity index (χ3v) is 3.65. The monoisotopic (exact) mass is 280 g/mol. The van der Waals surface area contributed by atoms with Crippen molar-refractivity contribution in [3.8, 4) is 0 Å². The molecule has 0 bridgehead atoms. The van der Waals surface area contributed by atoms with Crippen molar-refractivity contribution in [1.29, 1.82) is 0 Å². The number of carbonyl (C=O) groups is 1. The number of hydrogen-bond acceptors (Lipinski definition) is 4. The van der Waals surface area contributed by atoms with E-state index < -0.39 is 0 Å². The van der Waals surface area contributed by atoms with Gasteiger partial charge in [-0.25, -0.2) is 0 Å². The third-order valence-electron chi connectivity index (χ3n) is 3.65. The summed E-state index contributed by atoms with van der Waals surface area (Å²) in [7, 11) is 0. The van der Waals surface area contributed by atoms with Gasteiger partial charge in [0.25, 0.3) is 5.91 Å². The Morgan fingerprint density at radius 3 is 2.80 bits per heavy atom. The van der Waals surface area contributed by atoms with Crippen LogP contribution in [0.3, 0.4) is 0 Å². The lowest BCUT2D eigenvalue weighted by molar-refractivity contribution is 0.00760. The highest BCUT2D eigenvalue weighted by molar-refractivity contribution is 5.91. The van der Waals surface area contributed by atoms with E-state index in [1.807, 2.05) is 17.9 Å². The molecule has 1 saturated heterocycles. The molecule has 20 heavy (non-hydrogen) atoms. The van der Waals surface area contributed by atoms with Crippen molar-refractivity contribution < 1.29 is 13.9 Å². The highest BCUT2D eigenvalue weighted by Crippen LogP contribution is 2.18. The molecule has 5 heteroatoms. The van der Waals surface area contributed by atoms with E-state index in [0.29, 0.717) is 18.9 Å². The Hall–Kier alpha value is -1.33. The molecular formula is C15H24N2O3. The molecule has 0 spiro atoms. The second-order valence-corrected chi connectivity index (χ2v) is 5.12. The first-order valence-corrected chi connectivity index (χ1v) is 7.44. The molecule has 0 radical (unpaired) electrons. The van der Waals surface area contributed by atoms with E-state index in [9.17, 15) is 4.79 Å². The molecule has 1 aromatic rings. The number of aryl methyl sites for hydroxylation is 1. The van der Waals surface area contributed by atoms with Crippen LogP contribution in [0, 0.1) is 0 Å². The van der Waals surface area contributed by atoms with Crippen LogP contribution in [0.2, 0.25) is 0 Å². The molecule has 2 rings (SSSR count). The Morgan fingerprint density at radius 2 is 2.20 bits per heavy atom. The van der Waals surface area contributed by atoms with Gasteiger partial charge in [0.1, 0.15) is 5.76 Å². The van der Waals surface area contributed by atoms with Crippen LogP contribution in [0.15, 0.2) is 16.5 Å². The Kier molecular flexibility index (Phi) is 5.61. The number of likely N-dealkylation sites (tertiary alicyclic amines) is 1. The molecule has 0 aromatic carbocycles. The van der Waals surface area contributed by atoms with Gasteiger partial charge in [0.05, 0.1) is 6.10 Å². The Bertz CT molecular complexity index is 423. The number of piperidine rings is 1. The number of rotatable bonds is 6. The van der Waals surface area contributed by atoms with Crippen molar-refractivity contribution in [2.75, 3.05) is 26.2 Å². The van der Waals surface area contributed by atoms with Crippen LogP contribution in [0.25, 0.3) is 0 Å². The van der Waals surface area contributed by atoms with Gasteiger partial charge in [0.2, 0.25) is 0 Å². The van der Waals surface area contributed by atoms with Gasteiger partial charge in [-0.2, -0.15) is 0 Å². The molecule has 1 aromatic heterocycles. The lowest BCUT2D eigenvalue weighted by Gasteiger charge is -2.31. The molecule has 0 aliphatic carbocycles. The molecule has 112 valence electrons. The summed E-state index contributed by atoms with van der Waals surface area (Å²) < 4.78 is 11.3. The molecule has 0 saturated carbocycles. The quantitative estimate of drug-likeness (QED) is 0.807. The lowest BCUT2D eigenvalue weighted by atomic mass is 10.1. The summed E-state index contributed by atoms with van der Waals surface area (Å²) >= 11 is 0. The second kappa shape index (κ2) is 7.45. The zero-order valence-electron chi connectivity index (χ0n) is 12.1. The van der Waals surface area contributed by atoms with E-state index in [1.54, 1.807) is 6.07 Å². The normalized spacial score (nSPS) is 16.6. The molecule has 5 nitrogen and oxygen atoms in total. The van der Waals surface area contributed by atoms with E-state index in [1.165, 1.54) is 0 Å². The maximum absolute atomic E-state index is 12.3. The predicted octanol–water partition coefficient (Wildman–Crippen LogP) is 1.81. The average Bonchev–Trinajstić information content (AvgIpc) is 2.96. The van der Waals surface area contributed by atoms with Crippen LogP contribution in [0.4, 0.5) is 0 Å². The zero-order chi connectivity index (χ0) is 14.4. The molecule has 1 amide bonds. The van der Waals surface area contributed by atoms with Gasteiger partial charge in [-0.05, 0) is 37.9 Å². The number of carbonyl (C=O) groups excluding carboxylic acids is 1. The van der Waals surface area contributed by atoms with Crippen LogP contribution in [0.1, 0.15) is 42.5 Å². The summed E-state index contributed by atoms with van der Waals surface area (Å²) in [6, 6.07) is 3.64. The first kappa shape index (κ1) is 15.1. The Balaban J connectivity index is 1.79. The minimum atomic E-state index is -0.00916. The maximum Gasteiger partial charge on any atom is 0.289 e. The van der Waals surface area contributed by atoms with Gasteiger partial charge in [-0.15, -0.1) is 0 Å². The molecule has 1 aliphatic heterocycles. The van der Waals surface area contributed by atoms with Crippen LogP contribution >= 0.6 is 0 Å². The standard InChI is InChI=1S/C15H24N2O3/c1-2-12-4-5-14(20-12)15(18)17-9-6-13(7-10-17)19-11-3-8-16/h4-5,13H,2-3,6-11,16H2,1H3. The van der Waals surface area contributed by atoms with Crippen LogP contribution < -0.4 is 5.73 Å². The van der Waals surface area contributed by atoms with Crippen molar-refractivity contribution >= 4 is 5.91 Å². The van der Waals surface area contributed by atoms with Gasteiger partial charge < -0.3 is 19.8 Å². The first-order chi connectivity index (χ1) is 9.74. The van der Waals surface area contributed by atoms with Crippen LogP contribution in [0.5, 0.6) is 0 Å². The van der Waals surface area contributed by atoms with E-state index in [-0.39, 0.29) is 12.0 Å². The molecule has 0 unspecified atom stereocenters. The Morgan fingerprint density at radius 1 is 1.45 bits per heavy atom. The van der Waals surface area contributed by atoms with Gasteiger partial charge in [0, 0.05) is 26.1 Å². The van der Waals surface area contributed by atoms with Crippen molar-refractivity contribution in [3.63, 3.8) is 0 Å². The fourth-order valence-corrected chi connectivity index (χ4v) is 2.40. The van der Waals surface area contributed by atoms with E-state index in [2.05, 4.69) is 0 Å². The maximum atomic E-state index is 12.3. The van der Waals surface area contributed by atoms with Crippen molar-refractivity contribution in [1.82, 2.24) is 4.90 Å². The minimum absolute atomic E-state index is 0.00916. The summed E-state index contributed by atoms with van der Waals surface area (Å²) in [6.45, 7) is 4.85. The smallest absolute Gasteiger partial charge is 0.289 e. The summed E-state index contributed by atoms with van der Waals surface area (Å²) in [5.74, 6) is 1.29. The zero-order valence-corrected chi connectivity index (χ0v) is 12.1. The van der Waals surface area contributed by atoms with Crippen molar-refractivity contribution in [3.05, 3.63) is 23.7 Å². The van der Waals surface area contributed by atoms with E-state index >= 15 is 0 Å². The minimum Gasteiger partial charge on any atom is -0.456 e. The van der Waals surface area contributed by atoms with Crippen molar-refractivity contribution in [2.45, 2.75) is 38.7 Å². The predicted molar refractivity (Wildman–Crippen MR) is 76.6 cm³/mol. The summed E-state index contributed by atoms with van der Waals surface area (Å²) in [5, 5.41) is 0. The van der Waals surface area contributed by atoms with Crippen molar-refractivity contribution in [2.24, 2.45) is 5.73 Å². The molecular weight excluding hydrogens is 256 g/mol. The number of nitrogens with zero attached hydrogens (tertiary/aromatic N) is 1. The Labute approximate surface area is 120 Å². The summed E-state index contributed by atoms with van der Waals surface area (Å²) in [6.07, 6.45) is 3.73. The van der Waals surface area contributed by atoms with Gasteiger partial charge in [-0.1, -0.05) is 6.92 Å². The SMILES string of the molecule is CCc1ccc(C(=O)N2CCC(OCCCN)CC2)o1. The van der Waals surface area contributed by atoms with Gasteiger partial charge >= 0.3 is 0 Å². The first-order valence-electron chi connectivity index (χ1n) is 7.44. The number of nitrogens with two attached hydrogens (primary N) is 1. The lowest BCUT2D eigenvalue weighted by Crippen LogP contribution is -2.40. The molecule has 1 fully saturated rings. The van der Waals surface area contributed by atoms with E-state index in [4.69, 9.17) is 14.9 Å². The number of ether oxygens (including phenoxy) is 1. The van der Waals surface area contributed by atoms with Gasteiger partial charge in [-0.3, -0.25) is 4.79 Å². The molecule has 2 heterocycles. The molecule has 2 N–H and O–H groups in total. The highest BCUT2D eigenvalue weighted by Gasteiger charge is 2.25. The second-order valence-electron chi connectivity index (χ2n) is 5.12. The topological polar surface area (TPSA) is 68.7 Å². The molecule has 0 atom stereocenters. The summed E-state index contributed by atoms with van der Waals surface area (Å²) in [5.41, 5.74) is 5.44. The van der Waals surface area contributed by atoms with E-state index in [0.717, 1.165) is 44.5 Å². The van der Waals surface area contributed by atoms with Gasteiger partial charge in [0.15, 0.2) is 5.76 Å². The highest BCUT2D eigenvalue weighted by atomic mass is 16.5. The fourth-order valence-electron chi connectivity index (χ4n) is 2.40. The fraction of sp³-hybridized carbons (Fsp3) is 0.667. The number of amides is 1. The molecule has 1 aliphatic rings. The van der Waals surface area contributed by atoms with Crippen LogP contribution in [-0.4, -0.2) is 43.2 Å². The number of hydrogen-bond donors (Lipinski definition) is 1. The summed E-state index contributed by atoms with van der Waals surface area (Å²) in [4.78, 5) is 14.1. The third kappa shape index (κ3) is 3.84. The van der Waals surface area contributed by atoms with Crippen LogP contribution in [-0.2, 0) is 11.2 Å². The number of furan rings is 1.